The first-order valence-electron chi connectivity index (χ1n) is 8.13. The molecule has 1 N–H and O–H groups in total. The van der Waals surface area contributed by atoms with Crippen LogP contribution in [-0.4, -0.2) is 15.9 Å². The van der Waals surface area contributed by atoms with Crippen molar-refractivity contribution in [3.63, 3.8) is 0 Å². The van der Waals surface area contributed by atoms with E-state index in [-0.39, 0.29) is 28.1 Å². The second kappa shape index (κ2) is 7.80. The molecule has 3 rings (SSSR count). The van der Waals surface area contributed by atoms with Crippen LogP contribution in [-0.2, 0) is 5.92 Å². The van der Waals surface area contributed by atoms with Gasteiger partial charge in [0.15, 0.2) is 5.75 Å². The number of anilines is 1. The van der Waals surface area contributed by atoms with Crippen molar-refractivity contribution in [3.8, 4) is 17.6 Å². The summed E-state index contributed by atoms with van der Waals surface area (Å²) >= 11 is 0. The number of aromatic nitrogens is 2. The molecule has 8 heteroatoms. The molecule has 0 radical (unpaired) electrons. The zero-order valence-electron chi connectivity index (χ0n) is 14.7. The molecule has 0 spiro atoms. The molecule has 0 aliphatic heterocycles. The Balaban J connectivity index is 1.85. The summed E-state index contributed by atoms with van der Waals surface area (Å²) in [6, 6.07) is 11.6. The van der Waals surface area contributed by atoms with Crippen molar-refractivity contribution in [1.82, 2.24) is 9.97 Å². The number of nitriles is 1. The summed E-state index contributed by atoms with van der Waals surface area (Å²) < 4.78 is 32.6. The Labute approximate surface area is 159 Å². The highest BCUT2D eigenvalue weighted by atomic mass is 19.3. The first kappa shape index (κ1) is 18.9. The van der Waals surface area contributed by atoms with Gasteiger partial charge in [-0.2, -0.15) is 5.26 Å². The highest BCUT2D eigenvalue weighted by Crippen LogP contribution is 2.28. The predicted molar refractivity (Wildman–Crippen MR) is 97.2 cm³/mol. The molecule has 0 unspecified atom stereocenters. The molecule has 1 amide bonds. The summed E-state index contributed by atoms with van der Waals surface area (Å²) in [5.74, 6) is -3.00. The number of carbonyl (C=O) groups excluding carboxylic acids is 1. The number of carbonyl (C=O) groups is 1. The van der Waals surface area contributed by atoms with E-state index >= 15 is 0 Å². The molecule has 0 saturated carbocycles. The molecule has 0 bridgehead atoms. The maximum Gasteiger partial charge on any atom is 0.270 e. The van der Waals surface area contributed by atoms with E-state index in [0.29, 0.717) is 5.75 Å². The average molecular weight is 380 g/mol. The smallest absolute Gasteiger partial charge is 0.270 e. The van der Waals surface area contributed by atoms with E-state index < -0.39 is 11.8 Å². The number of hydrogen-bond donors (Lipinski definition) is 1. The van der Waals surface area contributed by atoms with Crippen molar-refractivity contribution in [3.05, 3.63) is 77.9 Å². The lowest BCUT2D eigenvalue weighted by Crippen LogP contribution is -2.14. The molecule has 0 saturated heterocycles. The number of benzene rings is 2. The van der Waals surface area contributed by atoms with Crippen molar-refractivity contribution in [2.45, 2.75) is 12.8 Å². The fraction of sp³-hybridized carbons (Fsp3) is 0.100. The maximum atomic E-state index is 13.5. The topological polar surface area (TPSA) is 87.9 Å². The zero-order chi connectivity index (χ0) is 20.1. The van der Waals surface area contributed by atoms with Crippen LogP contribution in [0.5, 0.6) is 11.5 Å². The third-order valence-electron chi connectivity index (χ3n) is 3.70. The van der Waals surface area contributed by atoms with E-state index in [1.165, 1.54) is 55.1 Å². The van der Waals surface area contributed by atoms with E-state index in [2.05, 4.69) is 15.3 Å². The van der Waals surface area contributed by atoms with Crippen LogP contribution in [0.2, 0.25) is 0 Å². The first-order valence-corrected chi connectivity index (χ1v) is 8.13. The van der Waals surface area contributed by atoms with Crippen LogP contribution in [0.1, 0.15) is 28.4 Å². The van der Waals surface area contributed by atoms with Crippen LogP contribution >= 0.6 is 0 Å². The molecular formula is C20H14F2N4O2. The minimum absolute atomic E-state index is 0.0697. The molecule has 1 aromatic heterocycles. The quantitative estimate of drug-likeness (QED) is 0.704. The Kier molecular flexibility index (Phi) is 5.27. The summed E-state index contributed by atoms with van der Waals surface area (Å²) in [6.07, 6.45) is 4.24. The maximum absolute atomic E-state index is 13.5. The van der Waals surface area contributed by atoms with Crippen molar-refractivity contribution >= 4 is 11.6 Å². The molecule has 0 atom stereocenters. The van der Waals surface area contributed by atoms with E-state index in [1.54, 1.807) is 0 Å². The fourth-order valence-corrected chi connectivity index (χ4v) is 2.41. The number of nitrogens with one attached hydrogen (secondary N) is 1. The zero-order valence-corrected chi connectivity index (χ0v) is 14.7. The number of amides is 1. The minimum atomic E-state index is -3.06. The van der Waals surface area contributed by atoms with Gasteiger partial charge in [0.2, 0.25) is 0 Å². The third kappa shape index (κ3) is 4.65. The van der Waals surface area contributed by atoms with Crippen molar-refractivity contribution in [1.29, 1.82) is 5.26 Å². The summed E-state index contributed by atoms with van der Waals surface area (Å²) in [7, 11) is 0. The average Bonchev–Trinajstić information content (AvgIpc) is 2.68. The number of hydrogen-bond acceptors (Lipinski definition) is 5. The van der Waals surface area contributed by atoms with Crippen LogP contribution in [0.25, 0.3) is 0 Å². The van der Waals surface area contributed by atoms with Crippen molar-refractivity contribution in [2.75, 3.05) is 5.32 Å². The van der Waals surface area contributed by atoms with Gasteiger partial charge in [-0.25, -0.2) is 18.7 Å². The van der Waals surface area contributed by atoms with Gasteiger partial charge >= 0.3 is 0 Å². The Morgan fingerprint density at radius 2 is 1.89 bits per heavy atom. The standard InChI is InChI=1S/C20H14F2N4O2/c1-20(21,22)15-4-2-3-14(7-15)19(27)26-16-5-13(9-23)6-17(8-16)28-18-10-24-12-25-11-18/h2-8,10-12H,1H3,(H,26,27). The number of halogens is 2. The van der Waals surface area contributed by atoms with Gasteiger partial charge in [-0.3, -0.25) is 4.79 Å². The summed E-state index contributed by atoms with van der Waals surface area (Å²) in [6.45, 7) is 0.761. The minimum Gasteiger partial charge on any atom is -0.454 e. The molecule has 2 aromatic carbocycles. The number of nitrogens with zero attached hydrogens (tertiary/aromatic N) is 3. The molecule has 140 valence electrons. The van der Waals surface area contributed by atoms with Crippen LogP contribution in [0.3, 0.4) is 0 Å². The van der Waals surface area contributed by atoms with E-state index in [9.17, 15) is 18.8 Å². The monoisotopic (exact) mass is 380 g/mol. The molecule has 0 fully saturated rings. The van der Waals surface area contributed by atoms with Gasteiger partial charge < -0.3 is 10.1 Å². The lowest BCUT2D eigenvalue weighted by molar-refractivity contribution is 0.0174. The van der Waals surface area contributed by atoms with Gasteiger partial charge in [-0.05, 0) is 24.3 Å². The number of rotatable bonds is 5. The van der Waals surface area contributed by atoms with Gasteiger partial charge in [0.05, 0.1) is 24.0 Å². The molecule has 28 heavy (non-hydrogen) atoms. The van der Waals surface area contributed by atoms with Crippen molar-refractivity contribution in [2.24, 2.45) is 0 Å². The van der Waals surface area contributed by atoms with Gasteiger partial charge in [0.1, 0.15) is 12.1 Å². The SMILES string of the molecule is CC(F)(F)c1cccc(C(=O)Nc2cc(C#N)cc(Oc3cncnc3)c2)c1. The van der Waals surface area contributed by atoms with E-state index in [4.69, 9.17) is 4.74 Å². The highest BCUT2D eigenvalue weighted by Gasteiger charge is 2.25. The van der Waals surface area contributed by atoms with Gasteiger partial charge in [0.25, 0.3) is 11.8 Å². The Hall–Kier alpha value is -3.86. The van der Waals surface area contributed by atoms with Crippen LogP contribution in [0.4, 0.5) is 14.5 Å². The van der Waals surface area contributed by atoms with E-state index in [0.717, 1.165) is 13.0 Å². The summed E-state index contributed by atoms with van der Waals surface area (Å²) in [5.41, 5.74) is 0.336. The Morgan fingerprint density at radius 1 is 1.14 bits per heavy atom. The second-order valence-electron chi connectivity index (χ2n) is 5.96. The normalized spacial score (nSPS) is 10.8. The van der Waals surface area contributed by atoms with Crippen LogP contribution in [0.15, 0.2) is 61.2 Å². The molecule has 0 aliphatic rings. The molecular weight excluding hydrogens is 366 g/mol. The Bertz CT molecular complexity index is 1040. The van der Waals surface area contributed by atoms with Gasteiger partial charge in [-0.1, -0.05) is 12.1 Å². The summed E-state index contributed by atoms with van der Waals surface area (Å²) in [5, 5.41) is 11.8. The van der Waals surface area contributed by atoms with Gasteiger partial charge in [-0.15, -0.1) is 0 Å². The third-order valence-corrected chi connectivity index (χ3v) is 3.70. The number of ether oxygens (including phenoxy) is 1. The highest BCUT2D eigenvalue weighted by molar-refractivity contribution is 6.04. The molecule has 0 aliphatic carbocycles. The Morgan fingerprint density at radius 3 is 2.57 bits per heavy atom. The fourth-order valence-electron chi connectivity index (χ4n) is 2.41. The predicted octanol–water partition coefficient (Wildman–Crippen LogP) is 4.50. The number of alkyl halides is 2. The second-order valence-corrected chi connectivity index (χ2v) is 5.96. The lowest BCUT2D eigenvalue weighted by Gasteiger charge is -2.13. The van der Waals surface area contributed by atoms with E-state index in [1.807, 2.05) is 6.07 Å². The summed E-state index contributed by atoms with van der Waals surface area (Å²) in [4.78, 5) is 20.1. The molecule has 1 heterocycles. The van der Waals surface area contributed by atoms with Crippen LogP contribution in [0, 0.1) is 11.3 Å². The molecule has 3 aromatic rings. The largest absolute Gasteiger partial charge is 0.454 e. The van der Waals surface area contributed by atoms with Crippen LogP contribution < -0.4 is 10.1 Å². The lowest BCUT2D eigenvalue weighted by atomic mass is 10.1. The van der Waals surface area contributed by atoms with Gasteiger partial charge in [0, 0.05) is 29.8 Å². The molecule has 6 nitrogen and oxygen atoms in total. The first-order chi connectivity index (χ1) is 13.3. The van der Waals surface area contributed by atoms with Crippen molar-refractivity contribution < 1.29 is 18.3 Å².